The van der Waals surface area contributed by atoms with Gasteiger partial charge in [-0.1, -0.05) is 70.6 Å². The van der Waals surface area contributed by atoms with E-state index in [4.69, 9.17) is 4.98 Å². The summed E-state index contributed by atoms with van der Waals surface area (Å²) >= 11 is 1.37. The van der Waals surface area contributed by atoms with E-state index in [1.165, 1.54) is 17.3 Å². The van der Waals surface area contributed by atoms with Gasteiger partial charge in [0.15, 0.2) is 5.16 Å². The van der Waals surface area contributed by atoms with E-state index in [0.717, 1.165) is 31.5 Å². The highest BCUT2D eigenvalue weighted by Crippen LogP contribution is 2.52. The van der Waals surface area contributed by atoms with Crippen molar-refractivity contribution < 1.29 is 4.79 Å². The summed E-state index contributed by atoms with van der Waals surface area (Å²) in [6, 6.07) is 15.8. The van der Waals surface area contributed by atoms with Crippen LogP contribution in [0.4, 0.5) is 0 Å². The van der Waals surface area contributed by atoms with Crippen molar-refractivity contribution in [2.45, 2.75) is 71.0 Å². The summed E-state index contributed by atoms with van der Waals surface area (Å²) in [5.41, 5.74) is 3.02. The van der Waals surface area contributed by atoms with Gasteiger partial charge in [-0.3, -0.25) is 14.2 Å². The van der Waals surface area contributed by atoms with Crippen molar-refractivity contribution >= 4 is 28.6 Å². The van der Waals surface area contributed by atoms with Crippen LogP contribution < -0.4 is 5.56 Å². The molecule has 3 aromatic rings. The van der Waals surface area contributed by atoms with Crippen LogP contribution in [0.5, 0.6) is 0 Å². The number of carbonyl (C=O) groups is 1. The molecule has 5 nitrogen and oxygen atoms in total. The normalized spacial score (nSPS) is 23.3. The molecule has 1 saturated carbocycles. The van der Waals surface area contributed by atoms with Crippen LogP contribution in [-0.4, -0.2) is 38.7 Å². The second kappa shape index (κ2) is 8.81. The Bertz CT molecular complexity index is 1330. The fourth-order valence-corrected chi connectivity index (χ4v) is 7.30. The second-order valence-electron chi connectivity index (χ2n) is 11.8. The van der Waals surface area contributed by atoms with Crippen molar-refractivity contribution in [3.63, 3.8) is 0 Å². The summed E-state index contributed by atoms with van der Waals surface area (Å²) in [5.74, 6) is 0.834. The number of aromatic nitrogens is 2. The quantitative estimate of drug-likeness (QED) is 0.324. The lowest BCUT2D eigenvalue weighted by Crippen LogP contribution is -2.38. The standard InChI is InChI=1S/C29H35N3O2S/c1-19(2)20-10-12-21(13-11-20)32-26(34)23-8-6-7-9-24(23)30-27(32)35-16-25(33)31-18-29(5)15-22(31)14-28(3,4)17-29/h6-13,19,22H,14-18H2,1-5H3. The average Bonchev–Trinajstić information content (AvgIpc) is 3.06. The summed E-state index contributed by atoms with van der Waals surface area (Å²) in [7, 11) is 0. The number of thioether (sulfide) groups is 1. The Kier molecular flexibility index (Phi) is 6.07. The molecule has 2 aromatic carbocycles. The molecule has 1 aliphatic heterocycles. The Balaban J connectivity index is 1.46. The molecule has 2 unspecified atom stereocenters. The maximum atomic E-state index is 13.5. The Morgan fingerprint density at radius 3 is 2.51 bits per heavy atom. The van der Waals surface area contributed by atoms with Crippen molar-refractivity contribution in [2.24, 2.45) is 10.8 Å². The molecule has 5 rings (SSSR count). The molecule has 0 spiro atoms. The number of carbonyl (C=O) groups excluding carboxylic acids is 1. The molecule has 2 heterocycles. The van der Waals surface area contributed by atoms with Gasteiger partial charge < -0.3 is 4.90 Å². The van der Waals surface area contributed by atoms with Crippen molar-refractivity contribution in [1.29, 1.82) is 0 Å². The number of nitrogens with zero attached hydrogens (tertiary/aromatic N) is 3. The van der Waals surface area contributed by atoms with Crippen molar-refractivity contribution in [1.82, 2.24) is 14.5 Å². The van der Waals surface area contributed by atoms with Crippen LogP contribution in [0.2, 0.25) is 0 Å². The predicted octanol–water partition coefficient (Wildman–Crippen LogP) is 6.03. The number of benzene rings is 2. The molecule has 6 heteroatoms. The average molecular weight is 490 g/mol. The lowest BCUT2D eigenvalue weighted by Gasteiger charge is -2.39. The molecule has 2 atom stereocenters. The third kappa shape index (κ3) is 4.65. The summed E-state index contributed by atoms with van der Waals surface area (Å²) in [4.78, 5) is 33.9. The highest BCUT2D eigenvalue weighted by Gasteiger charge is 2.50. The molecule has 184 valence electrons. The molecule has 2 aliphatic rings. The number of hydrogen-bond donors (Lipinski definition) is 0. The highest BCUT2D eigenvalue weighted by atomic mass is 32.2. The minimum absolute atomic E-state index is 0.103. The molecule has 2 bridgehead atoms. The monoisotopic (exact) mass is 489 g/mol. The van der Waals surface area contributed by atoms with Gasteiger partial charge in [0.2, 0.25) is 5.91 Å². The molecule has 1 aliphatic carbocycles. The van der Waals surface area contributed by atoms with E-state index in [2.05, 4.69) is 51.7 Å². The van der Waals surface area contributed by atoms with Crippen LogP contribution in [0.3, 0.4) is 0 Å². The fraction of sp³-hybridized carbons (Fsp3) is 0.483. The summed E-state index contributed by atoms with van der Waals surface area (Å²) in [5, 5.41) is 1.15. The predicted molar refractivity (Wildman–Crippen MR) is 143 cm³/mol. The van der Waals surface area contributed by atoms with E-state index >= 15 is 0 Å². The molecule has 2 fully saturated rings. The zero-order valence-corrected chi connectivity index (χ0v) is 22.2. The molecule has 1 saturated heterocycles. The van der Waals surface area contributed by atoms with E-state index in [1.54, 1.807) is 4.57 Å². The minimum Gasteiger partial charge on any atom is -0.338 e. The van der Waals surface area contributed by atoms with E-state index in [9.17, 15) is 9.59 Å². The smallest absolute Gasteiger partial charge is 0.266 e. The van der Waals surface area contributed by atoms with Crippen LogP contribution in [0.1, 0.15) is 65.4 Å². The van der Waals surface area contributed by atoms with Gasteiger partial charge in [0.05, 0.1) is 22.3 Å². The third-order valence-electron chi connectivity index (χ3n) is 7.62. The van der Waals surface area contributed by atoms with Gasteiger partial charge >= 0.3 is 0 Å². The first-order valence-corrected chi connectivity index (χ1v) is 13.6. The van der Waals surface area contributed by atoms with E-state index in [-0.39, 0.29) is 28.0 Å². The Hall–Kier alpha value is -2.60. The van der Waals surface area contributed by atoms with Gasteiger partial charge in [-0.2, -0.15) is 0 Å². The van der Waals surface area contributed by atoms with Crippen LogP contribution in [0.15, 0.2) is 58.5 Å². The Labute approximate surface area is 211 Å². The number of para-hydroxylation sites is 1. The molecule has 1 aromatic heterocycles. The largest absolute Gasteiger partial charge is 0.338 e. The molecular weight excluding hydrogens is 454 g/mol. The zero-order valence-electron chi connectivity index (χ0n) is 21.4. The zero-order chi connectivity index (χ0) is 25.0. The molecule has 0 N–H and O–H groups in total. The maximum Gasteiger partial charge on any atom is 0.266 e. The van der Waals surface area contributed by atoms with Crippen LogP contribution in [0.25, 0.3) is 16.6 Å². The lowest BCUT2D eigenvalue weighted by molar-refractivity contribution is -0.129. The topological polar surface area (TPSA) is 55.2 Å². The first kappa shape index (κ1) is 24.1. The number of likely N-dealkylation sites (tertiary alicyclic amines) is 1. The van der Waals surface area contributed by atoms with Crippen molar-refractivity contribution in [3.8, 4) is 5.69 Å². The highest BCUT2D eigenvalue weighted by molar-refractivity contribution is 7.99. The molecule has 35 heavy (non-hydrogen) atoms. The number of hydrogen-bond acceptors (Lipinski definition) is 4. The van der Waals surface area contributed by atoms with Crippen LogP contribution in [0, 0.1) is 10.8 Å². The minimum atomic E-state index is -0.103. The SMILES string of the molecule is CC(C)c1ccc(-n2c(SCC(=O)N3CC4(C)CC3CC(C)(C)C4)nc3ccccc3c2=O)cc1. The van der Waals surface area contributed by atoms with Gasteiger partial charge in [-0.05, 0) is 65.8 Å². The second-order valence-corrected chi connectivity index (χ2v) is 12.8. The Morgan fingerprint density at radius 1 is 1.09 bits per heavy atom. The first-order valence-electron chi connectivity index (χ1n) is 12.6. The van der Waals surface area contributed by atoms with Gasteiger partial charge in [0, 0.05) is 12.6 Å². The summed E-state index contributed by atoms with van der Waals surface area (Å²) in [6.07, 6.45) is 3.31. The van der Waals surface area contributed by atoms with Gasteiger partial charge in [0.1, 0.15) is 0 Å². The molecular formula is C29H35N3O2S. The van der Waals surface area contributed by atoms with E-state index in [1.807, 2.05) is 36.4 Å². The fourth-order valence-electron chi connectivity index (χ4n) is 6.41. The van der Waals surface area contributed by atoms with Gasteiger partial charge in [-0.25, -0.2) is 4.98 Å². The van der Waals surface area contributed by atoms with Gasteiger partial charge in [-0.15, -0.1) is 0 Å². The lowest BCUT2D eigenvalue weighted by atomic mass is 9.65. The Morgan fingerprint density at radius 2 is 1.80 bits per heavy atom. The van der Waals surface area contributed by atoms with Gasteiger partial charge in [0.25, 0.3) is 5.56 Å². The first-order chi connectivity index (χ1) is 16.6. The van der Waals surface area contributed by atoms with Crippen molar-refractivity contribution in [3.05, 3.63) is 64.4 Å². The van der Waals surface area contributed by atoms with E-state index < -0.39 is 0 Å². The number of amides is 1. The van der Waals surface area contributed by atoms with Crippen molar-refractivity contribution in [2.75, 3.05) is 12.3 Å². The summed E-state index contributed by atoms with van der Waals surface area (Å²) < 4.78 is 1.66. The van der Waals surface area contributed by atoms with E-state index in [0.29, 0.717) is 28.0 Å². The molecule has 0 radical (unpaired) electrons. The molecule has 1 amide bonds. The third-order valence-corrected chi connectivity index (χ3v) is 8.55. The number of rotatable bonds is 5. The number of fused-ring (bicyclic) bond motifs is 3. The maximum absolute atomic E-state index is 13.5. The van der Waals surface area contributed by atoms with Crippen LogP contribution in [-0.2, 0) is 4.79 Å². The summed E-state index contributed by atoms with van der Waals surface area (Å²) in [6.45, 7) is 12.1. The van der Waals surface area contributed by atoms with Crippen LogP contribution >= 0.6 is 11.8 Å².